The summed E-state index contributed by atoms with van der Waals surface area (Å²) in [7, 11) is -1.52. The zero-order valence-corrected chi connectivity index (χ0v) is 13.7. The fourth-order valence-electron chi connectivity index (χ4n) is 2.60. The summed E-state index contributed by atoms with van der Waals surface area (Å²) in [5.74, 6) is 2.41. The molecule has 1 heteroatoms. The maximum Gasteiger partial charge on any atom is 0.103 e. The Morgan fingerprint density at radius 3 is 1.45 bits per heavy atom. The van der Waals surface area contributed by atoms with Gasteiger partial charge in [-0.15, -0.1) is 0 Å². The topological polar surface area (TPSA) is 0 Å². The lowest BCUT2D eigenvalue weighted by molar-refractivity contribution is 1.66. The van der Waals surface area contributed by atoms with Gasteiger partial charge in [-0.3, -0.25) is 0 Å². The van der Waals surface area contributed by atoms with E-state index in [1.165, 1.54) is 16.2 Å². The predicted octanol–water partition coefficient (Wildman–Crippen LogP) is 4.96. The van der Waals surface area contributed by atoms with Crippen molar-refractivity contribution in [2.75, 3.05) is 6.66 Å². The Bertz CT molecular complexity index is 691. The van der Waals surface area contributed by atoms with Gasteiger partial charge in [0, 0.05) is 0 Å². The molecule has 108 valence electrons. The molecule has 0 saturated heterocycles. The fourth-order valence-corrected chi connectivity index (χ4v) is 5.29. The summed E-state index contributed by atoms with van der Waals surface area (Å²) in [4.78, 5) is 0. The molecule has 3 aromatic carbocycles. The van der Waals surface area contributed by atoms with Gasteiger partial charge in [-0.05, 0) is 35.9 Å². The maximum atomic E-state index is 2.41. The molecule has 0 radical (unpaired) electrons. The van der Waals surface area contributed by atoms with Crippen LogP contribution in [-0.2, 0) is 0 Å². The van der Waals surface area contributed by atoms with Crippen molar-refractivity contribution in [1.82, 2.24) is 0 Å². The van der Waals surface area contributed by atoms with Crippen LogP contribution in [0.15, 0.2) is 96.8 Å². The lowest BCUT2D eigenvalue weighted by atomic mass is 10.2. The van der Waals surface area contributed by atoms with Crippen molar-refractivity contribution >= 4 is 23.9 Å². The Morgan fingerprint density at radius 1 is 0.591 bits per heavy atom. The zero-order chi connectivity index (χ0) is 15.3. The van der Waals surface area contributed by atoms with E-state index in [1.54, 1.807) is 0 Å². The van der Waals surface area contributed by atoms with Crippen molar-refractivity contribution in [3.63, 3.8) is 0 Å². The number of hydrogen-bond donors (Lipinski definition) is 0. The van der Waals surface area contributed by atoms with Crippen LogP contribution in [-0.4, -0.2) is 6.66 Å². The molecule has 0 heterocycles. The fraction of sp³-hybridized carbons (Fsp3) is 0.0476. The minimum Gasteiger partial charge on any atom is -0.0622 e. The standard InChI is InChI=1S/C21H20P/c1-22(20-13-7-3-8-14-20,21-15-9-4-10-16-21)18-17-19-11-5-2-6-12-19/h2-18H,1H3/q+1/b18-17+. The van der Waals surface area contributed by atoms with Crippen LogP contribution in [0.5, 0.6) is 0 Å². The van der Waals surface area contributed by atoms with Gasteiger partial charge >= 0.3 is 0 Å². The van der Waals surface area contributed by atoms with E-state index >= 15 is 0 Å². The van der Waals surface area contributed by atoms with Gasteiger partial charge < -0.3 is 0 Å². The summed E-state index contributed by atoms with van der Waals surface area (Å²) >= 11 is 0. The van der Waals surface area contributed by atoms with E-state index in [2.05, 4.69) is 110 Å². The summed E-state index contributed by atoms with van der Waals surface area (Å²) in [6, 6.07) is 32.2. The number of benzene rings is 3. The van der Waals surface area contributed by atoms with Gasteiger partial charge in [0.25, 0.3) is 0 Å². The molecule has 3 rings (SSSR count). The van der Waals surface area contributed by atoms with E-state index in [-0.39, 0.29) is 0 Å². The third kappa shape index (κ3) is 3.18. The molecular weight excluding hydrogens is 283 g/mol. The van der Waals surface area contributed by atoms with Crippen LogP contribution in [0.3, 0.4) is 0 Å². The highest BCUT2D eigenvalue weighted by molar-refractivity contribution is 7.91. The molecule has 0 aliphatic rings. The predicted molar refractivity (Wildman–Crippen MR) is 100 cm³/mol. The Labute approximate surface area is 133 Å². The average molecular weight is 303 g/mol. The van der Waals surface area contributed by atoms with E-state index in [0.29, 0.717) is 0 Å². The van der Waals surface area contributed by atoms with E-state index < -0.39 is 7.26 Å². The molecule has 0 saturated carbocycles. The Kier molecular flexibility index (Phi) is 4.51. The first-order chi connectivity index (χ1) is 10.8. The largest absolute Gasteiger partial charge is 0.103 e. The molecule has 0 aliphatic carbocycles. The van der Waals surface area contributed by atoms with Crippen molar-refractivity contribution in [3.05, 3.63) is 102 Å². The summed E-state index contributed by atoms with van der Waals surface area (Å²) < 4.78 is 0. The SMILES string of the molecule is C[P+](/C=C/c1ccccc1)(c1ccccc1)c1ccccc1. The van der Waals surface area contributed by atoms with Crippen molar-refractivity contribution in [1.29, 1.82) is 0 Å². The second-order valence-corrected chi connectivity index (χ2v) is 8.95. The van der Waals surface area contributed by atoms with Gasteiger partial charge in [0.2, 0.25) is 0 Å². The normalized spacial score (nSPS) is 11.7. The van der Waals surface area contributed by atoms with Gasteiger partial charge in [-0.1, -0.05) is 66.7 Å². The molecule has 0 unspecified atom stereocenters. The van der Waals surface area contributed by atoms with Gasteiger partial charge in [-0.2, -0.15) is 0 Å². The van der Waals surface area contributed by atoms with E-state index in [1.807, 2.05) is 0 Å². The number of rotatable bonds is 4. The van der Waals surface area contributed by atoms with Gasteiger partial charge in [0.15, 0.2) is 0 Å². The third-order valence-corrected chi connectivity index (χ3v) is 7.44. The first-order valence-corrected chi connectivity index (χ1v) is 9.81. The Hall–Kier alpha value is -2.17. The molecular formula is C21H20P+. The molecule has 22 heavy (non-hydrogen) atoms. The Morgan fingerprint density at radius 2 is 1.00 bits per heavy atom. The summed E-state index contributed by atoms with van der Waals surface area (Å²) in [5, 5.41) is 2.82. The summed E-state index contributed by atoms with van der Waals surface area (Å²) in [5.41, 5.74) is 1.25. The molecule has 0 fully saturated rings. The highest BCUT2D eigenvalue weighted by Gasteiger charge is 2.34. The highest BCUT2D eigenvalue weighted by atomic mass is 31.2. The quantitative estimate of drug-likeness (QED) is 0.598. The number of hydrogen-bond acceptors (Lipinski definition) is 0. The van der Waals surface area contributed by atoms with Crippen molar-refractivity contribution in [2.24, 2.45) is 0 Å². The lowest BCUT2D eigenvalue weighted by Crippen LogP contribution is -2.19. The van der Waals surface area contributed by atoms with E-state index in [9.17, 15) is 0 Å². The van der Waals surface area contributed by atoms with E-state index in [4.69, 9.17) is 0 Å². The van der Waals surface area contributed by atoms with Crippen LogP contribution in [0.1, 0.15) is 5.56 Å². The third-order valence-electron chi connectivity index (χ3n) is 3.95. The van der Waals surface area contributed by atoms with Crippen LogP contribution in [0.25, 0.3) is 6.08 Å². The van der Waals surface area contributed by atoms with Crippen LogP contribution >= 0.6 is 7.26 Å². The first kappa shape index (κ1) is 14.8. The highest BCUT2D eigenvalue weighted by Crippen LogP contribution is 2.54. The molecule has 0 aliphatic heterocycles. The molecule has 3 aromatic rings. The van der Waals surface area contributed by atoms with Crippen LogP contribution in [0.4, 0.5) is 0 Å². The van der Waals surface area contributed by atoms with Crippen LogP contribution in [0.2, 0.25) is 0 Å². The minimum atomic E-state index is -1.52. The van der Waals surface area contributed by atoms with Gasteiger partial charge in [-0.25, -0.2) is 0 Å². The lowest BCUT2D eigenvalue weighted by Gasteiger charge is -2.19. The average Bonchev–Trinajstić information content (AvgIpc) is 2.62. The molecule has 0 atom stereocenters. The van der Waals surface area contributed by atoms with E-state index in [0.717, 1.165) is 0 Å². The van der Waals surface area contributed by atoms with Crippen molar-refractivity contribution in [2.45, 2.75) is 0 Å². The zero-order valence-electron chi connectivity index (χ0n) is 12.8. The van der Waals surface area contributed by atoms with Gasteiger partial charge in [0.05, 0.1) is 12.5 Å². The van der Waals surface area contributed by atoms with Gasteiger partial charge in [0.1, 0.15) is 17.9 Å². The second-order valence-electron chi connectivity index (χ2n) is 5.47. The monoisotopic (exact) mass is 303 g/mol. The second kappa shape index (κ2) is 6.73. The van der Waals surface area contributed by atoms with Crippen molar-refractivity contribution < 1.29 is 0 Å². The smallest absolute Gasteiger partial charge is 0.0622 e. The summed E-state index contributed by atoms with van der Waals surface area (Å²) in [6.45, 7) is 2.39. The minimum absolute atomic E-state index is 1.25. The molecule has 0 bridgehead atoms. The molecule has 0 nitrogen and oxygen atoms in total. The first-order valence-electron chi connectivity index (χ1n) is 7.51. The van der Waals surface area contributed by atoms with Crippen LogP contribution in [0, 0.1) is 0 Å². The maximum absolute atomic E-state index is 2.41. The molecule has 0 aromatic heterocycles. The Balaban J connectivity index is 2.06. The van der Waals surface area contributed by atoms with Crippen molar-refractivity contribution in [3.8, 4) is 0 Å². The molecule has 0 spiro atoms. The molecule has 0 N–H and O–H groups in total. The molecule has 0 amide bonds. The summed E-state index contributed by atoms with van der Waals surface area (Å²) in [6.07, 6.45) is 2.26. The van der Waals surface area contributed by atoms with Crippen LogP contribution < -0.4 is 10.6 Å².